The number of halogens is 3. The van der Waals surface area contributed by atoms with Crippen LogP contribution < -0.4 is 5.32 Å². The summed E-state index contributed by atoms with van der Waals surface area (Å²) in [7, 11) is 0. The van der Waals surface area contributed by atoms with Gasteiger partial charge in [0.15, 0.2) is 0 Å². The molecule has 0 spiro atoms. The van der Waals surface area contributed by atoms with Gasteiger partial charge in [0.25, 0.3) is 5.91 Å². The van der Waals surface area contributed by atoms with E-state index >= 15 is 0 Å². The molecular weight excluding hydrogens is 257 g/mol. The monoisotopic (exact) mass is 268 g/mol. The molecule has 0 fully saturated rings. The molecule has 1 amide bonds. The second kappa shape index (κ2) is 5.17. The number of aromatic amines is 1. The van der Waals surface area contributed by atoms with Crippen LogP contribution >= 0.6 is 0 Å². The van der Waals surface area contributed by atoms with E-state index < -0.39 is 11.7 Å². The highest BCUT2D eigenvalue weighted by Gasteiger charge is 2.29. The number of rotatable bonds is 3. The van der Waals surface area contributed by atoms with Gasteiger partial charge in [-0.05, 0) is 29.8 Å². The highest BCUT2D eigenvalue weighted by Crippen LogP contribution is 2.28. The van der Waals surface area contributed by atoms with Crippen LogP contribution in [0, 0.1) is 0 Å². The Morgan fingerprint density at radius 2 is 1.84 bits per heavy atom. The second-order valence-electron chi connectivity index (χ2n) is 3.96. The summed E-state index contributed by atoms with van der Waals surface area (Å²) in [6.45, 7) is 0.177. The minimum absolute atomic E-state index is 0.177. The lowest BCUT2D eigenvalue weighted by Gasteiger charge is -2.08. The first-order chi connectivity index (χ1) is 8.97. The lowest BCUT2D eigenvalue weighted by molar-refractivity contribution is -0.137. The van der Waals surface area contributed by atoms with E-state index in [9.17, 15) is 18.0 Å². The molecule has 2 rings (SSSR count). The molecule has 100 valence electrons. The molecule has 2 aromatic rings. The number of amides is 1. The number of carbonyl (C=O) groups is 1. The van der Waals surface area contributed by atoms with Crippen LogP contribution in [-0.4, -0.2) is 10.9 Å². The van der Waals surface area contributed by atoms with Crippen LogP contribution in [-0.2, 0) is 12.7 Å². The van der Waals surface area contributed by atoms with Gasteiger partial charge in [0.1, 0.15) is 5.69 Å². The van der Waals surface area contributed by atoms with Crippen molar-refractivity contribution >= 4 is 5.91 Å². The summed E-state index contributed by atoms with van der Waals surface area (Å²) in [4.78, 5) is 14.3. The van der Waals surface area contributed by atoms with Crippen LogP contribution in [0.4, 0.5) is 13.2 Å². The number of carbonyl (C=O) groups excluding carboxylic acids is 1. The van der Waals surface area contributed by atoms with Crippen LogP contribution in [0.1, 0.15) is 21.6 Å². The third-order valence-corrected chi connectivity index (χ3v) is 2.58. The first-order valence-electron chi connectivity index (χ1n) is 5.54. The van der Waals surface area contributed by atoms with Crippen molar-refractivity contribution in [3.05, 3.63) is 59.4 Å². The van der Waals surface area contributed by atoms with Crippen molar-refractivity contribution < 1.29 is 18.0 Å². The molecule has 19 heavy (non-hydrogen) atoms. The standard InChI is InChI=1S/C13H11F3N2O/c14-13(15,16)10-5-3-9(4-6-10)8-18-12(19)11-2-1-7-17-11/h1-7,17H,8H2,(H,18,19). The smallest absolute Gasteiger partial charge is 0.357 e. The molecule has 0 atom stereocenters. The molecule has 1 heterocycles. The summed E-state index contributed by atoms with van der Waals surface area (Å²) in [5.41, 5.74) is 0.312. The molecule has 1 aromatic heterocycles. The van der Waals surface area contributed by atoms with Crippen molar-refractivity contribution in [1.82, 2.24) is 10.3 Å². The summed E-state index contributed by atoms with van der Waals surface area (Å²) >= 11 is 0. The largest absolute Gasteiger partial charge is 0.416 e. The van der Waals surface area contributed by atoms with Gasteiger partial charge in [0.2, 0.25) is 0 Å². The molecule has 0 aliphatic carbocycles. The molecule has 6 heteroatoms. The topological polar surface area (TPSA) is 44.9 Å². The predicted octanol–water partition coefficient (Wildman–Crippen LogP) is 2.96. The van der Waals surface area contributed by atoms with Crippen molar-refractivity contribution in [2.24, 2.45) is 0 Å². The number of hydrogen-bond acceptors (Lipinski definition) is 1. The Morgan fingerprint density at radius 1 is 1.16 bits per heavy atom. The van der Waals surface area contributed by atoms with E-state index in [1.807, 2.05) is 0 Å². The molecular formula is C13H11F3N2O. The van der Waals surface area contributed by atoms with Crippen LogP contribution in [0.5, 0.6) is 0 Å². The van der Waals surface area contributed by atoms with Crippen LogP contribution in [0.3, 0.4) is 0 Å². The number of alkyl halides is 3. The van der Waals surface area contributed by atoms with Crippen molar-refractivity contribution in [3.8, 4) is 0 Å². The number of H-pyrrole nitrogens is 1. The van der Waals surface area contributed by atoms with Gasteiger partial charge >= 0.3 is 6.18 Å². The highest BCUT2D eigenvalue weighted by atomic mass is 19.4. The van der Waals surface area contributed by atoms with Crippen LogP contribution in [0.2, 0.25) is 0 Å². The van der Waals surface area contributed by atoms with Crippen LogP contribution in [0.15, 0.2) is 42.6 Å². The Hall–Kier alpha value is -2.24. The number of aromatic nitrogens is 1. The Kier molecular flexibility index (Phi) is 3.59. The lowest BCUT2D eigenvalue weighted by Crippen LogP contribution is -2.23. The quantitative estimate of drug-likeness (QED) is 0.883. The number of nitrogens with one attached hydrogen (secondary N) is 2. The number of benzene rings is 1. The van der Waals surface area contributed by atoms with Gasteiger partial charge in [-0.15, -0.1) is 0 Å². The van der Waals surface area contributed by atoms with Gasteiger partial charge in [-0.1, -0.05) is 12.1 Å². The average Bonchev–Trinajstić information content (AvgIpc) is 2.89. The zero-order chi connectivity index (χ0) is 13.9. The van der Waals surface area contributed by atoms with E-state index in [4.69, 9.17) is 0 Å². The average molecular weight is 268 g/mol. The van der Waals surface area contributed by atoms with Gasteiger partial charge in [0, 0.05) is 12.7 Å². The zero-order valence-corrected chi connectivity index (χ0v) is 9.79. The molecule has 0 saturated heterocycles. The maximum Gasteiger partial charge on any atom is 0.416 e. The van der Waals surface area contributed by atoms with Crippen molar-refractivity contribution in [2.45, 2.75) is 12.7 Å². The maximum atomic E-state index is 12.3. The molecule has 0 radical (unpaired) electrons. The van der Waals surface area contributed by atoms with Gasteiger partial charge in [-0.25, -0.2) is 0 Å². The second-order valence-corrected chi connectivity index (χ2v) is 3.96. The summed E-state index contributed by atoms with van der Waals surface area (Å²) in [5, 5.41) is 2.61. The normalized spacial score (nSPS) is 11.3. The van der Waals surface area contributed by atoms with Crippen molar-refractivity contribution in [1.29, 1.82) is 0 Å². The Labute approximate surface area is 107 Å². The molecule has 2 N–H and O–H groups in total. The predicted molar refractivity (Wildman–Crippen MR) is 63.4 cm³/mol. The zero-order valence-electron chi connectivity index (χ0n) is 9.79. The van der Waals surface area contributed by atoms with Gasteiger partial charge < -0.3 is 10.3 Å². The Morgan fingerprint density at radius 3 is 2.37 bits per heavy atom. The fourth-order valence-electron chi connectivity index (χ4n) is 1.56. The molecule has 3 nitrogen and oxygen atoms in total. The molecule has 0 unspecified atom stereocenters. The fraction of sp³-hybridized carbons (Fsp3) is 0.154. The van der Waals surface area contributed by atoms with Gasteiger partial charge in [-0.3, -0.25) is 4.79 Å². The Balaban J connectivity index is 1.95. The minimum atomic E-state index is -4.34. The van der Waals surface area contributed by atoms with E-state index in [1.54, 1.807) is 18.3 Å². The Bertz CT molecular complexity index is 544. The van der Waals surface area contributed by atoms with E-state index in [0.717, 1.165) is 12.1 Å². The summed E-state index contributed by atoms with van der Waals surface area (Å²) in [6.07, 6.45) is -2.72. The molecule has 1 aromatic carbocycles. The first-order valence-corrected chi connectivity index (χ1v) is 5.54. The summed E-state index contributed by atoms with van der Waals surface area (Å²) < 4.78 is 37.0. The van der Waals surface area contributed by atoms with Gasteiger partial charge in [0.05, 0.1) is 5.56 Å². The highest BCUT2D eigenvalue weighted by molar-refractivity contribution is 5.92. The van der Waals surface area contributed by atoms with Gasteiger partial charge in [-0.2, -0.15) is 13.2 Å². The SMILES string of the molecule is O=C(NCc1ccc(C(F)(F)F)cc1)c1ccc[nH]1. The van der Waals surface area contributed by atoms with Crippen molar-refractivity contribution in [2.75, 3.05) is 0 Å². The summed E-state index contributed by atoms with van der Waals surface area (Å²) in [6, 6.07) is 7.98. The van der Waals surface area contributed by atoms with E-state index in [0.29, 0.717) is 11.3 Å². The maximum absolute atomic E-state index is 12.3. The third kappa shape index (κ3) is 3.37. The summed E-state index contributed by atoms with van der Waals surface area (Å²) in [5.74, 6) is -0.301. The lowest BCUT2D eigenvalue weighted by atomic mass is 10.1. The molecule has 0 bridgehead atoms. The minimum Gasteiger partial charge on any atom is -0.357 e. The van der Waals surface area contributed by atoms with E-state index in [-0.39, 0.29) is 12.5 Å². The van der Waals surface area contributed by atoms with E-state index in [2.05, 4.69) is 10.3 Å². The molecule has 0 saturated carbocycles. The molecule has 0 aliphatic heterocycles. The number of hydrogen-bond donors (Lipinski definition) is 2. The molecule has 0 aliphatic rings. The van der Waals surface area contributed by atoms with Crippen molar-refractivity contribution in [3.63, 3.8) is 0 Å². The van der Waals surface area contributed by atoms with E-state index in [1.165, 1.54) is 12.1 Å². The third-order valence-electron chi connectivity index (χ3n) is 2.58. The van der Waals surface area contributed by atoms with Crippen LogP contribution in [0.25, 0.3) is 0 Å². The fourth-order valence-corrected chi connectivity index (χ4v) is 1.56. The first kappa shape index (κ1) is 13.2.